The lowest BCUT2D eigenvalue weighted by atomic mass is 10.0. The summed E-state index contributed by atoms with van der Waals surface area (Å²) in [5.74, 6) is -0.0489. The van der Waals surface area contributed by atoms with Crippen molar-refractivity contribution in [1.29, 1.82) is 0 Å². The van der Waals surface area contributed by atoms with Gasteiger partial charge in [0.15, 0.2) is 0 Å². The molecule has 0 saturated carbocycles. The van der Waals surface area contributed by atoms with Gasteiger partial charge in [-0.15, -0.1) is 0 Å². The number of aromatic nitrogens is 1. The number of amides is 3. The topological polar surface area (TPSA) is 77.2 Å². The van der Waals surface area contributed by atoms with Crippen LogP contribution in [0.25, 0.3) is 10.9 Å². The van der Waals surface area contributed by atoms with Gasteiger partial charge in [0.1, 0.15) is 0 Å². The van der Waals surface area contributed by atoms with Gasteiger partial charge in [0.2, 0.25) is 0 Å². The van der Waals surface area contributed by atoms with Crippen LogP contribution in [0.5, 0.6) is 0 Å². The molecule has 4 rings (SSSR count). The van der Waals surface area contributed by atoms with Gasteiger partial charge in [-0.05, 0) is 43.0 Å². The van der Waals surface area contributed by atoms with Crippen LogP contribution in [0.1, 0.15) is 28.8 Å². The molecule has 1 fully saturated rings. The molecule has 0 atom stereocenters. The summed E-state index contributed by atoms with van der Waals surface area (Å²) in [5, 5.41) is 7.30. The van der Waals surface area contributed by atoms with Crippen molar-refractivity contribution in [3.8, 4) is 0 Å². The van der Waals surface area contributed by atoms with Crippen molar-refractivity contribution in [2.45, 2.75) is 25.3 Å². The monoisotopic (exact) mass is 390 g/mol. The largest absolute Gasteiger partial charge is 0.361 e. The number of nitrogens with zero attached hydrogens (tertiary/aromatic N) is 1. The zero-order valence-corrected chi connectivity index (χ0v) is 16.4. The van der Waals surface area contributed by atoms with E-state index in [0.29, 0.717) is 25.2 Å². The number of hydrogen-bond donors (Lipinski definition) is 3. The second kappa shape index (κ2) is 8.82. The standard InChI is InChI=1S/C23H26N4O2/c28-22(17-6-2-1-3-7-17)26-19-11-14-27(15-12-19)23(29)24-13-10-18-16-25-21-9-5-4-8-20(18)21/h1-9,16,19,25H,10-15H2,(H,24,29)(H,26,28). The lowest BCUT2D eigenvalue weighted by Gasteiger charge is -2.32. The molecule has 3 amide bonds. The molecule has 1 aromatic heterocycles. The van der Waals surface area contributed by atoms with Gasteiger partial charge >= 0.3 is 6.03 Å². The zero-order valence-electron chi connectivity index (χ0n) is 16.4. The number of carbonyl (C=O) groups is 2. The Labute approximate surface area is 170 Å². The number of fused-ring (bicyclic) bond motifs is 1. The molecule has 0 spiro atoms. The number of benzene rings is 2. The number of piperidine rings is 1. The second-order valence-corrected chi connectivity index (χ2v) is 7.44. The molecule has 0 unspecified atom stereocenters. The van der Waals surface area contributed by atoms with Crippen molar-refractivity contribution in [1.82, 2.24) is 20.5 Å². The van der Waals surface area contributed by atoms with Crippen molar-refractivity contribution in [3.05, 3.63) is 71.9 Å². The molecule has 1 aliphatic heterocycles. The van der Waals surface area contributed by atoms with Gasteiger partial charge in [-0.1, -0.05) is 36.4 Å². The number of urea groups is 1. The molecule has 0 aliphatic carbocycles. The Morgan fingerprint density at radius 3 is 2.52 bits per heavy atom. The summed E-state index contributed by atoms with van der Waals surface area (Å²) < 4.78 is 0. The smallest absolute Gasteiger partial charge is 0.317 e. The van der Waals surface area contributed by atoms with Gasteiger partial charge in [-0.2, -0.15) is 0 Å². The first-order chi connectivity index (χ1) is 14.2. The van der Waals surface area contributed by atoms with Gasteiger partial charge in [0.25, 0.3) is 5.91 Å². The minimum atomic E-state index is -0.0489. The predicted molar refractivity (Wildman–Crippen MR) is 114 cm³/mol. The maximum Gasteiger partial charge on any atom is 0.317 e. The van der Waals surface area contributed by atoms with E-state index in [1.165, 1.54) is 10.9 Å². The Kier molecular flexibility index (Phi) is 5.79. The number of aromatic amines is 1. The Bertz CT molecular complexity index is 975. The summed E-state index contributed by atoms with van der Waals surface area (Å²) in [7, 11) is 0. The van der Waals surface area contributed by atoms with Gasteiger partial charge in [-0.25, -0.2) is 4.79 Å². The Morgan fingerprint density at radius 1 is 1.00 bits per heavy atom. The third-order valence-corrected chi connectivity index (χ3v) is 5.50. The fraction of sp³-hybridized carbons (Fsp3) is 0.304. The molecule has 2 aromatic carbocycles. The van der Waals surface area contributed by atoms with Crippen molar-refractivity contribution < 1.29 is 9.59 Å². The van der Waals surface area contributed by atoms with Crippen LogP contribution >= 0.6 is 0 Å². The van der Waals surface area contributed by atoms with Crippen LogP contribution in [0.4, 0.5) is 4.79 Å². The molecule has 2 heterocycles. The van der Waals surface area contributed by atoms with Gasteiger partial charge in [-0.3, -0.25) is 4.79 Å². The first-order valence-electron chi connectivity index (χ1n) is 10.1. The van der Waals surface area contributed by atoms with E-state index in [4.69, 9.17) is 0 Å². The average Bonchev–Trinajstić information content (AvgIpc) is 3.18. The second-order valence-electron chi connectivity index (χ2n) is 7.44. The summed E-state index contributed by atoms with van der Waals surface area (Å²) >= 11 is 0. The highest BCUT2D eigenvalue weighted by atomic mass is 16.2. The van der Waals surface area contributed by atoms with Gasteiger partial charge in [0.05, 0.1) is 0 Å². The number of hydrogen-bond acceptors (Lipinski definition) is 2. The molecule has 3 aromatic rings. The summed E-state index contributed by atoms with van der Waals surface area (Å²) in [4.78, 5) is 29.8. The van der Waals surface area contributed by atoms with Crippen molar-refractivity contribution in [2.24, 2.45) is 0 Å². The highest BCUT2D eigenvalue weighted by Crippen LogP contribution is 2.18. The lowest BCUT2D eigenvalue weighted by Crippen LogP contribution is -2.49. The summed E-state index contributed by atoms with van der Waals surface area (Å²) in [6, 6.07) is 17.5. The molecule has 29 heavy (non-hydrogen) atoms. The Morgan fingerprint density at radius 2 is 1.72 bits per heavy atom. The van der Waals surface area contributed by atoms with Crippen molar-refractivity contribution in [2.75, 3.05) is 19.6 Å². The van der Waals surface area contributed by atoms with E-state index in [-0.39, 0.29) is 18.0 Å². The number of rotatable bonds is 5. The minimum absolute atomic E-state index is 0.0299. The van der Waals surface area contributed by atoms with E-state index in [1.807, 2.05) is 53.6 Å². The van der Waals surface area contributed by atoms with Crippen LogP contribution in [0.3, 0.4) is 0 Å². The molecule has 1 saturated heterocycles. The van der Waals surface area contributed by atoms with Crippen LogP contribution in [0.15, 0.2) is 60.8 Å². The van der Waals surface area contributed by atoms with Crippen LogP contribution in [-0.4, -0.2) is 47.5 Å². The van der Waals surface area contributed by atoms with E-state index in [1.54, 1.807) is 0 Å². The van der Waals surface area contributed by atoms with Crippen LogP contribution < -0.4 is 10.6 Å². The number of likely N-dealkylation sites (tertiary alicyclic amines) is 1. The molecule has 150 valence electrons. The SMILES string of the molecule is O=C(NC1CCN(C(=O)NCCc2c[nH]c3ccccc23)CC1)c1ccccc1. The average molecular weight is 390 g/mol. The van der Waals surface area contributed by atoms with E-state index in [2.05, 4.69) is 27.8 Å². The minimum Gasteiger partial charge on any atom is -0.361 e. The number of para-hydroxylation sites is 1. The third kappa shape index (κ3) is 4.59. The van der Waals surface area contributed by atoms with Crippen LogP contribution in [0.2, 0.25) is 0 Å². The zero-order chi connectivity index (χ0) is 20.1. The Hall–Kier alpha value is -3.28. The van der Waals surface area contributed by atoms with E-state index in [0.717, 1.165) is 24.8 Å². The van der Waals surface area contributed by atoms with Crippen LogP contribution in [0, 0.1) is 0 Å². The fourth-order valence-electron chi connectivity index (χ4n) is 3.84. The maximum atomic E-state index is 12.5. The predicted octanol–water partition coefficient (Wildman–Crippen LogP) is 3.31. The number of H-pyrrole nitrogens is 1. The highest BCUT2D eigenvalue weighted by Gasteiger charge is 2.24. The summed E-state index contributed by atoms with van der Waals surface area (Å²) in [5.41, 5.74) is 3.00. The first kappa shape index (κ1) is 19.1. The molecule has 1 aliphatic rings. The molecule has 6 nitrogen and oxygen atoms in total. The van der Waals surface area contributed by atoms with Gasteiger partial charge < -0.3 is 20.5 Å². The molecular weight excluding hydrogens is 364 g/mol. The molecule has 0 bridgehead atoms. The fourth-order valence-corrected chi connectivity index (χ4v) is 3.84. The third-order valence-electron chi connectivity index (χ3n) is 5.50. The van der Waals surface area contributed by atoms with E-state index >= 15 is 0 Å². The Balaban J connectivity index is 1.20. The molecule has 6 heteroatoms. The summed E-state index contributed by atoms with van der Waals surface area (Å²) in [6.45, 7) is 1.91. The van der Waals surface area contributed by atoms with Crippen LogP contribution in [-0.2, 0) is 6.42 Å². The number of carbonyl (C=O) groups excluding carboxylic acids is 2. The van der Waals surface area contributed by atoms with E-state index in [9.17, 15) is 9.59 Å². The van der Waals surface area contributed by atoms with E-state index < -0.39 is 0 Å². The summed E-state index contributed by atoms with van der Waals surface area (Å²) in [6.07, 6.45) is 4.35. The molecular formula is C23H26N4O2. The van der Waals surface area contributed by atoms with Gasteiger partial charge in [0, 0.05) is 48.3 Å². The number of nitrogens with one attached hydrogen (secondary N) is 3. The first-order valence-corrected chi connectivity index (χ1v) is 10.1. The lowest BCUT2D eigenvalue weighted by molar-refractivity contribution is 0.0918. The molecule has 0 radical (unpaired) electrons. The van der Waals surface area contributed by atoms with Crippen molar-refractivity contribution in [3.63, 3.8) is 0 Å². The quantitative estimate of drug-likeness (QED) is 0.625. The molecule has 3 N–H and O–H groups in total. The van der Waals surface area contributed by atoms with Crippen molar-refractivity contribution >= 4 is 22.8 Å². The normalized spacial score (nSPS) is 14.7. The highest BCUT2D eigenvalue weighted by molar-refractivity contribution is 5.94. The maximum absolute atomic E-state index is 12.5.